The van der Waals surface area contributed by atoms with E-state index >= 15 is 0 Å². The second-order valence-electron chi connectivity index (χ2n) is 3.37. The summed E-state index contributed by atoms with van der Waals surface area (Å²) >= 11 is 5.76. The van der Waals surface area contributed by atoms with E-state index in [-0.39, 0.29) is 10.9 Å². The Morgan fingerprint density at radius 2 is 2.33 bits per heavy atom. The number of carbonyl (C=O) groups is 1. The van der Waals surface area contributed by atoms with Gasteiger partial charge in [-0.3, -0.25) is 0 Å². The number of nitrogen functional groups attached to an aromatic ring is 1. The predicted molar refractivity (Wildman–Crippen MR) is 67.0 cm³/mol. The number of nitrogens with zero attached hydrogens (tertiary/aromatic N) is 1. The zero-order chi connectivity index (χ0) is 13.1. The normalized spacial score (nSPS) is 10.1. The fourth-order valence-corrected chi connectivity index (χ4v) is 1.51. The van der Waals surface area contributed by atoms with Crippen LogP contribution in [0.25, 0.3) is 0 Å². The van der Waals surface area contributed by atoms with Gasteiger partial charge < -0.3 is 20.2 Å². The van der Waals surface area contributed by atoms with Crippen LogP contribution in [-0.4, -0.2) is 18.1 Å². The monoisotopic (exact) mass is 267 g/mol. The first kappa shape index (κ1) is 12.3. The van der Waals surface area contributed by atoms with Crippen LogP contribution in [0.5, 0.6) is 0 Å². The number of nitrogens with one attached hydrogen (secondary N) is 1. The summed E-state index contributed by atoms with van der Waals surface area (Å²) in [6.07, 6.45) is 2.79. The molecule has 3 N–H and O–H groups in total. The summed E-state index contributed by atoms with van der Waals surface area (Å²) in [5.41, 5.74) is 7.10. The van der Waals surface area contributed by atoms with E-state index in [1.807, 2.05) is 0 Å². The fraction of sp³-hybridized carbons (Fsp3) is 0.0909. The molecule has 0 aliphatic carbocycles. The molecule has 0 saturated heterocycles. The van der Waals surface area contributed by atoms with Crippen LogP contribution in [0.4, 0.5) is 17.1 Å². The van der Waals surface area contributed by atoms with Gasteiger partial charge in [0.15, 0.2) is 0 Å². The van der Waals surface area contributed by atoms with Crippen molar-refractivity contribution in [3.63, 3.8) is 0 Å². The van der Waals surface area contributed by atoms with Gasteiger partial charge in [0.2, 0.25) is 5.76 Å². The lowest BCUT2D eigenvalue weighted by molar-refractivity contribution is 0.0566. The van der Waals surface area contributed by atoms with Gasteiger partial charge in [-0.2, -0.15) is 0 Å². The van der Waals surface area contributed by atoms with E-state index < -0.39 is 5.97 Å². The number of esters is 1. The van der Waals surface area contributed by atoms with Crippen LogP contribution in [0.3, 0.4) is 0 Å². The van der Waals surface area contributed by atoms with Gasteiger partial charge in [-0.1, -0.05) is 11.6 Å². The van der Waals surface area contributed by atoms with Gasteiger partial charge in [0.05, 0.1) is 36.6 Å². The maximum Gasteiger partial charge on any atom is 0.376 e. The highest BCUT2D eigenvalue weighted by Gasteiger charge is 2.16. The van der Waals surface area contributed by atoms with Gasteiger partial charge in [0.25, 0.3) is 0 Å². The Balaban J connectivity index is 2.32. The molecule has 2 aromatic rings. The van der Waals surface area contributed by atoms with Crippen molar-refractivity contribution in [1.82, 2.24) is 4.98 Å². The molecule has 0 saturated carbocycles. The Bertz CT molecular complexity index is 583. The molecule has 0 aliphatic rings. The molecule has 7 heteroatoms. The molecule has 0 spiro atoms. The molecule has 0 unspecified atom stereocenters. The highest BCUT2D eigenvalue weighted by molar-refractivity contribution is 6.29. The van der Waals surface area contributed by atoms with Crippen molar-refractivity contribution >= 4 is 34.6 Å². The predicted octanol–water partition coefficient (Wildman–Crippen LogP) is 2.44. The number of hydrogen-bond acceptors (Lipinski definition) is 6. The number of rotatable bonds is 3. The van der Waals surface area contributed by atoms with E-state index in [4.69, 9.17) is 21.8 Å². The summed E-state index contributed by atoms with van der Waals surface area (Å²) in [5, 5.41) is 3.22. The van der Waals surface area contributed by atoms with E-state index in [2.05, 4.69) is 15.0 Å². The maximum atomic E-state index is 11.4. The molecule has 0 aromatic carbocycles. The lowest BCUT2D eigenvalue weighted by Crippen LogP contribution is -2.04. The summed E-state index contributed by atoms with van der Waals surface area (Å²) < 4.78 is 9.62. The number of nitrogens with two attached hydrogens (primary N) is 1. The number of aromatic nitrogens is 1. The Labute approximate surface area is 108 Å². The number of hydrogen-bond donors (Lipinski definition) is 2. The summed E-state index contributed by atoms with van der Waals surface area (Å²) in [5.74, 6) is -0.522. The SMILES string of the molecule is COC(=O)c1occc1Nc1cc(Cl)ncc1N. The zero-order valence-corrected chi connectivity index (χ0v) is 10.2. The van der Waals surface area contributed by atoms with Gasteiger partial charge in [-0.25, -0.2) is 9.78 Å². The van der Waals surface area contributed by atoms with Crippen LogP contribution in [-0.2, 0) is 4.74 Å². The van der Waals surface area contributed by atoms with Gasteiger partial charge in [-0.15, -0.1) is 0 Å². The molecule has 18 heavy (non-hydrogen) atoms. The zero-order valence-electron chi connectivity index (χ0n) is 9.44. The Kier molecular flexibility index (Phi) is 3.38. The molecule has 94 valence electrons. The summed E-state index contributed by atoms with van der Waals surface area (Å²) in [6, 6.07) is 3.13. The molecule has 6 nitrogen and oxygen atoms in total. The average molecular weight is 268 g/mol. The molecule has 0 bridgehead atoms. The number of pyridine rings is 1. The lowest BCUT2D eigenvalue weighted by Gasteiger charge is -2.08. The van der Waals surface area contributed by atoms with Crippen molar-refractivity contribution in [2.45, 2.75) is 0 Å². The van der Waals surface area contributed by atoms with Crippen LogP contribution in [0.15, 0.2) is 29.0 Å². The third kappa shape index (κ3) is 2.38. The Hall–Kier alpha value is -2.21. The Morgan fingerprint density at radius 1 is 1.56 bits per heavy atom. The summed E-state index contributed by atoms with van der Waals surface area (Å²) in [6.45, 7) is 0. The van der Waals surface area contributed by atoms with Crippen LogP contribution in [0.1, 0.15) is 10.6 Å². The minimum absolute atomic E-state index is 0.0600. The largest absolute Gasteiger partial charge is 0.463 e. The third-order valence-corrected chi connectivity index (χ3v) is 2.41. The van der Waals surface area contributed by atoms with E-state index in [1.165, 1.54) is 19.6 Å². The molecule has 0 fully saturated rings. The van der Waals surface area contributed by atoms with Gasteiger partial charge in [-0.05, 0) is 0 Å². The van der Waals surface area contributed by atoms with E-state index in [9.17, 15) is 4.79 Å². The second-order valence-corrected chi connectivity index (χ2v) is 3.76. The van der Waals surface area contributed by atoms with Crippen LogP contribution >= 0.6 is 11.6 Å². The third-order valence-electron chi connectivity index (χ3n) is 2.21. The summed E-state index contributed by atoms with van der Waals surface area (Å²) in [4.78, 5) is 15.2. The number of ether oxygens (including phenoxy) is 1. The highest BCUT2D eigenvalue weighted by atomic mass is 35.5. The lowest BCUT2D eigenvalue weighted by atomic mass is 10.3. The topological polar surface area (TPSA) is 90.4 Å². The molecule has 0 aliphatic heterocycles. The summed E-state index contributed by atoms with van der Waals surface area (Å²) in [7, 11) is 1.27. The van der Waals surface area contributed by atoms with Gasteiger partial charge in [0.1, 0.15) is 5.15 Å². The first-order chi connectivity index (χ1) is 8.61. The number of carbonyl (C=O) groups excluding carboxylic acids is 1. The molecule has 2 aromatic heterocycles. The molecule has 0 amide bonds. The van der Waals surface area contributed by atoms with Crippen molar-refractivity contribution in [3.05, 3.63) is 35.5 Å². The fourth-order valence-electron chi connectivity index (χ4n) is 1.35. The van der Waals surface area contributed by atoms with Crippen molar-refractivity contribution in [2.24, 2.45) is 0 Å². The number of furan rings is 1. The van der Waals surface area contributed by atoms with Crippen LogP contribution < -0.4 is 11.1 Å². The highest BCUT2D eigenvalue weighted by Crippen LogP contribution is 2.27. The quantitative estimate of drug-likeness (QED) is 0.656. The van der Waals surface area contributed by atoms with Crippen molar-refractivity contribution < 1.29 is 13.9 Å². The van der Waals surface area contributed by atoms with E-state index in [0.29, 0.717) is 17.1 Å². The van der Waals surface area contributed by atoms with E-state index in [1.54, 1.807) is 12.1 Å². The second kappa shape index (κ2) is 4.97. The first-order valence-corrected chi connectivity index (χ1v) is 5.33. The van der Waals surface area contributed by atoms with Gasteiger partial charge >= 0.3 is 5.97 Å². The van der Waals surface area contributed by atoms with Gasteiger partial charge in [0, 0.05) is 12.1 Å². The van der Waals surface area contributed by atoms with Crippen LogP contribution in [0.2, 0.25) is 5.15 Å². The molecular weight excluding hydrogens is 258 g/mol. The van der Waals surface area contributed by atoms with E-state index in [0.717, 1.165) is 0 Å². The standard InChI is InChI=1S/C11H10ClN3O3/c1-17-11(16)10-7(2-3-18-10)15-8-4-9(12)14-5-6(8)13/h2-5H,13H2,1H3,(H,14,15). The molecule has 2 rings (SSSR count). The molecular formula is C11H10ClN3O3. The van der Waals surface area contributed by atoms with Crippen molar-refractivity contribution in [2.75, 3.05) is 18.2 Å². The average Bonchev–Trinajstić information content (AvgIpc) is 2.81. The van der Waals surface area contributed by atoms with Crippen molar-refractivity contribution in [3.8, 4) is 0 Å². The first-order valence-electron chi connectivity index (χ1n) is 4.95. The molecule has 0 radical (unpaired) electrons. The minimum atomic E-state index is -0.582. The minimum Gasteiger partial charge on any atom is -0.463 e. The molecule has 2 heterocycles. The molecule has 0 atom stereocenters. The van der Waals surface area contributed by atoms with Crippen LogP contribution in [0, 0.1) is 0 Å². The maximum absolute atomic E-state index is 11.4. The smallest absolute Gasteiger partial charge is 0.376 e. The number of anilines is 3. The number of methoxy groups -OCH3 is 1. The van der Waals surface area contributed by atoms with Crippen molar-refractivity contribution in [1.29, 1.82) is 0 Å². The number of halogens is 1. The Morgan fingerprint density at radius 3 is 3.06 bits per heavy atom.